The third-order valence-corrected chi connectivity index (χ3v) is 3.88. The third kappa shape index (κ3) is 2.41. The number of hydrogen-bond acceptors (Lipinski definition) is 3. The minimum absolute atomic E-state index is 0.0204. The van der Waals surface area contributed by atoms with Crippen LogP contribution in [0.5, 0.6) is 0 Å². The van der Waals surface area contributed by atoms with Gasteiger partial charge in [0.25, 0.3) is 0 Å². The molecule has 0 saturated heterocycles. The molecular formula is C15H22N4. The standard InChI is InChI=1S/C15H22N4/c1-9-6-7-13(8-10(9)2)15(17-16)14-11(3)18-19(5)12(14)4/h6-8,15,17H,16H2,1-5H3. The first-order valence-corrected chi connectivity index (χ1v) is 6.49. The van der Waals surface area contributed by atoms with Crippen LogP contribution in [0, 0.1) is 27.7 Å². The van der Waals surface area contributed by atoms with E-state index in [2.05, 4.69) is 49.5 Å². The highest BCUT2D eigenvalue weighted by Crippen LogP contribution is 2.27. The molecule has 0 radical (unpaired) electrons. The van der Waals surface area contributed by atoms with Crippen molar-refractivity contribution < 1.29 is 0 Å². The second-order valence-electron chi connectivity index (χ2n) is 5.15. The number of nitrogens with two attached hydrogens (primary N) is 1. The zero-order valence-electron chi connectivity index (χ0n) is 12.3. The van der Waals surface area contributed by atoms with Gasteiger partial charge in [0, 0.05) is 18.3 Å². The topological polar surface area (TPSA) is 55.9 Å². The minimum Gasteiger partial charge on any atom is -0.272 e. The molecule has 1 aromatic heterocycles. The summed E-state index contributed by atoms with van der Waals surface area (Å²) in [6, 6.07) is 6.42. The molecular weight excluding hydrogens is 236 g/mol. The predicted molar refractivity (Wildman–Crippen MR) is 77.8 cm³/mol. The van der Waals surface area contributed by atoms with Crippen molar-refractivity contribution in [3.05, 3.63) is 51.8 Å². The lowest BCUT2D eigenvalue weighted by molar-refractivity contribution is 0.628. The van der Waals surface area contributed by atoms with E-state index in [1.54, 1.807) is 0 Å². The second kappa shape index (κ2) is 5.15. The van der Waals surface area contributed by atoms with Gasteiger partial charge in [-0.25, -0.2) is 5.43 Å². The Morgan fingerprint density at radius 1 is 1.16 bits per heavy atom. The van der Waals surface area contributed by atoms with Crippen LogP contribution < -0.4 is 11.3 Å². The average Bonchev–Trinajstić information content (AvgIpc) is 2.61. The molecule has 0 aliphatic heterocycles. The van der Waals surface area contributed by atoms with Gasteiger partial charge in [-0.3, -0.25) is 10.5 Å². The number of rotatable bonds is 3. The van der Waals surface area contributed by atoms with E-state index in [0.717, 1.165) is 17.0 Å². The van der Waals surface area contributed by atoms with Gasteiger partial charge in [-0.1, -0.05) is 18.2 Å². The molecule has 0 aliphatic rings. The Morgan fingerprint density at radius 3 is 2.32 bits per heavy atom. The van der Waals surface area contributed by atoms with Crippen LogP contribution in [0.15, 0.2) is 18.2 Å². The largest absolute Gasteiger partial charge is 0.272 e. The normalized spacial score (nSPS) is 12.7. The first-order chi connectivity index (χ1) is 8.95. The van der Waals surface area contributed by atoms with Gasteiger partial charge in [0.2, 0.25) is 0 Å². The van der Waals surface area contributed by atoms with Crippen molar-refractivity contribution in [3.8, 4) is 0 Å². The molecule has 19 heavy (non-hydrogen) atoms. The van der Waals surface area contributed by atoms with E-state index in [0.29, 0.717) is 0 Å². The number of nitrogens with zero attached hydrogens (tertiary/aromatic N) is 2. The maximum atomic E-state index is 5.78. The van der Waals surface area contributed by atoms with Crippen LogP contribution in [0.4, 0.5) is 0 Å². The van der Waals surface area contributed by atoms with Gasteiger partial charge in [-0.05, 0) is 44.4 Å². The van der Waals surface area contributed by atoms with Gasteiger partial charge < -0.3 is 0 Å². The van der Waals surface area contributed by atoms with E-state index in [-0.39, 0.29) is 6.04 Å². The molecule has 4 heteroatoms. The molecule has 1 aromatic carbocycles. The highest BCUT2D eigenvalue weighted by molar-refractivity contribution is 5.40. The Bertz CT molecular complexity index is 598. The SMILES string of the molecule is Cc1ccc(C(NN)c2c(C)nn(C)c2C)cc1C. The highest BCUT2D eigenvalue weighted by atomic mass is 15.3. The summed E-state index contributed by atoms with van der Waals surface area (Å²) in [5.74, 6) is 5.78. The molecule has 1 atom stereocenters. The second-order valence-corrected chi connectivity index (χ2v) is 5.15. The van der Waals surface area contributed by atoms with E-state index >= 15 is 0 Å². The summed E-state index contributed by atoms with van der Waals surface area (Å²) in [6.45, 7) is 8.33. The summed E-state index contributed by atoms with van der Waals surface area (Å²) >= 11 is 0. The Labute approximate surface area is 114 Å². The van der Waals surface area contributed by atoms with Gasteiger partial charge in [0.05, 0.1) is 11.7 Å². The molecule has 0 bridgehead atoms. The number of aromatic nitrogens is 2. The highest BCUT2D eigenvalue weighted by Gasteiger charge is 2.21. The molecule has 1 heterocycles. The summed E-state index contributed by atoms with van der Waals surface area (Å²) in [5.41, 5.74) is 9.97. The monoisotopic (exact) mass is 258 g/mol. The molecule has 4 nitrogen and oxygen atoms in total. The van der Waals surface area contributed by atoms with Crippen molar-refractivity contribution in [2.24, 2.45) is 12.9 Å². The molecule has 0 saturated carbocycles. The number of hydrazine groups is 1. The molecule has 0 spiro atoms. The molecule has 2 aromatic rings. The summed E-state index contributed by atoms with van der Waals surface area (Å²) < 4.78 is 1.90. The number of aryl methyl sites for hydroxylation is 4. The summed E-state index contributed by atoms with van der Waals surface area (Å²) in [7, 11) is 1.96. The van der Waals surface area contributed by atoms with Crippen LogP contribution in [0.1, 0.15) is 39.7 Å². The fourth-order valence-electron chi connectivity index (χ4n) is 2.50. The van der Waals surface area contributed by atoms with Gasteiger partial charge in [-0.15, -0.1) is 0 Å². The Balaban J connectivity index is 2.52. The molecule has 102 valence electrons. The zero-order chi connectivity index (χ0) is 14.2. The lowest BCUT2D eigenvalue weighted by atomic mass is 9.95. The molecule has 2 rings (SSSR count). The summed E-state index contributed by atoms with van der Waals surface area (Å²) in [6.07, 6.45) is 0. The number of benzene rings is 1. The maximum absolute atomic E-state index is 5.78. The van der Waals surface area contributed by atoms with Crippen LogP contribution >= 0.6 is 0 Å². The lowest BCUT2D eigenvalue weighted by Gasteiger charge is -2.18. The van der Waals surface area contributed by atoms with E-state index in [1.807, 2.05) is 18.7 Å². The Hall–Kier alpha value is -1.65. The van der Waals surface area contributed by atoms with Crippen molar-refractivity contribution in [3.63, 3.8) is 0 Å². The first kappa shape index (κ1) is 13.8. The van der Waals surface area contributed by atoms with E-state index in [4.69, 9.17) is 5.84 Å². The molecule has 0 aliphatic carbocycles. The van der Waals surface area contributed by atoms with Gasteiger partial charge in [0.1, 0.15) is 0 Å². The van der Waals surface area contributed by atoms with E-state index in [9.17, 15) is 0 Å². The van der Waals surface area contributed by atoms with Gasteiger partial charge in [0.15, 0.2) is 0 Å². The minimum atomic E-state index is -0.0204. The molecule has 3 N–H and O–H groups in total. The Kier molecular flexibility index (Phi) is 3.73. The fraction of sp³-hybridized carbons (Fsp3) is 0.400. The van der Waals surface area contributed by atoms with Crippen LogP contribution in [-0.2, 0) is 7.05 Å². The number of nitrogens with one attached hydrogen (secondary N) is 1. The third-order valence-electron chi connectivity index (χ3n) is 3.88. The van der Waals surface area contributed by atoms with E-state index < -0.39 is 0 Å². The van der Waals surface area contributed by atoms with Crippen LogP contribution in [0.25, 0.3) is 0 Å². The van der Waals surface area contributed by atoms with Crippen molar-refractivity contribution in [1.82, 2.24) is 15.2 Å². The van der Waals surface area contributed by atoms with Crippen molar-refractivity contribution in [2.45, 2.75) is 33.7 Å². The zero-order valence-corrected chi connectivity index (χ0v) is 12.3. The molecule has 0 amide bonds. The van der Waals surface area contributed by atoms with Crippen LogP contribution in [0.3, 0.4) is 0 Å². The maximum Gasteiger partial charge on any atom is 0.0746 e. The van der Waals surface area contributed by atoms with Gasteiger partial charge in [-0.2, -0.15) is 5.10 Å². The van der Waals surface area contributed by atoms with E-state index in [1.165, 1.54) is 16.7 Å². The summed E-state index contributed by atoms with van der Waals surface area (Å²) in [5, 5.41) is 4.47. The summed E-state index contributed by atoms with van der Waals surface area (Å²) in [4.78, 5) is 0. The van der Waals surface area contributed by atoms with Crippen molar-refractivity contribution in [2.75, 3.05) is 0 Å². The quantitative estimate of drug-likeness (QED) is 0.655. The van der Waals surface area contributed by atoms with Gasteiger partial charge >= 0.3 is 0 Å². The lowest BCUT2D eigenvalue weighted by Crippen LogP contribution is -2.29. The van der Waals surface area contributed by atoms with Crippen molar-refractivity contribution in [1.29, 1.82) is 0 Å². The fourth-order valence-corrected chi connectivity index (χ4v) is 2.50. The van der Waals surface area contributed by atoms with Crippen molar-refractivity contribution >= 4 is 0 Å². The molecule has 1 unspecified atom stereocenters. The van der Waals surface area contributed by atoms with Crippen LogP contribution in [0.2, 0.25) is 0 Å². The first-order valence-electron chi connectivity index (χ1n) is 6.49. The Morgan fingerprint density at radius 2 is 1.84 bits per heavy atom. The molecule has 0 fully saturated rings. The smallest absolute Gasteiger partial charge is 0.0746 e. The predicted octanol–water partition coefficient (Wildman–Crippen LogP) is 2.21. The average molecular weight is 258 g/mol. The number of hydrogen-bond donors (Lipinski definition) is 2. The van der Waals surface area contributed by atoms with Crippen LogP contribution in [-0.4, -0.2) is 9.78 Å².